The van der Waals surface area contributed by atoms with Gasteiger partial charge in [-0.15, -0.1) is 0 Å². The zero-order valence-corrected chi connectivity index (χ0v) is 18.0. The van der Waals surface area contributed by atoms with Crippen LogP contribution in [0.3, 0.4) is 0 Å². The van der Waals surface area contributed by atoms with Crippen LogP contribution in [0.25, 0.3) is 0 Å². The summed E-state index contributed by atoms with van der Waals surface area (Å²) >= 11 is 0. The summed E-state index contributed by atoms with van der Waals surface area (Å²) in [6.07, 6.45) is 2.98. The summed E-state index contributed by atoms with van der Waals surface area (Å²) < 4.78 is 13.2. The van der Waals surface area contributed by atoms with E-state index in [0.717, 1.165) is 63.9 Å². The van der Waals surface area contributed by atoms with Crippen LogP contribution in [0, 0.1) is 12.7 Å². The van der Waals surface area contributed by atoms with Gasteiger partial charge < -0.3 is 9.80 Å². The molecule has 3 heterocycles. The van der Waals surface area contributed by atoms with Gasteiger partial charge in [-0.25, -0.2) is 14.4 Å². The molecule has 0 unspecified atom stereocenters. The highest BCUT2D eigenvalue weighted by Crippen LogP contribution is 2.23. The monoisotopic (exact) mass is 417 g/mol. The van der Waals surface area contributed by atoms with Crippen molar-refractivity contribution in [3.8, 4) is 0 Å². The normalized spacial score (nSPS) is 17.0. The Labute approximate surface area is 183 Å². The van der Waals surface area contributed by atoms with Crippen molar-refractivity contribution in [1.29, 1.82) is 0 Å². The standard InChI is InChI=1S/C25H28FN5/c1-19-2-4-20(5-3-19)17-29-11-10-24-21(18-29)16-27-25(28-24)31-14-12-30(13-15-31)23-8-6-22(26)7-9-23/h2-9,16H,10-15,17-18H2,1H3. The van der Waals surface area contributed by atoms with Gasteiger partial charge in [0.15, 0.2) is 0 Å². The maximum absolute atomic E-state index is 13.2. The lowest BCUT2D eigenvalue weighted by Crippen LogP contribution is -2.47. The molecule has 0 radical (unpaired) electrons. The first-order valence-corrected chi connectivity index (χ1v) is 11.0. The molecule has 2 aromatic carbocycles. The average Bonchev–Trinajstić information content (AvgIpc) is 2.81. The molecule has 31 heavy (non-hydrogen) atoms. The Kier molecular flexibility index (Phi) is 5.55. The van der Waals surface area contributed by atoms with E-state index in [1.165, 1.54) is 34.5 Å². The largest absolute Gasteiger partial charge is 0.368 e. The van der Waals surface area contributed by atoms with Crippen molar-refractivity contribution in [3.63, 3.8) is 0 Å². The van der Waals surface area contributed by atoms with Crippen LogP contribution in [0.2, 0.25) is 0 Å². The van der Waals surface area contributed by atoms with E-state index in [2.05, 4.69) is 45.9 Å². The topological polar surface area (TPSA) is 35.5 Å². The molecule has 2 aliphatic rings. The Morgan fingerprint density at radius 2 is 1.58 bits per heavy atom. The van der Waals surface area contributed by atoms with Crippen molar-refractivity contribution < 1.29 is 4.39 Å². The molecule has 0 bridgehead atoms. The number of aryl methyl sites for hydroxylation is 1. The Morgan fingerprint density at radius 1 is 0.871 bits per heavy atom. The molecule has 1 fully saturated rings. The van der Waals surface area contributed by atoms with Gasteiger partial charge in [-0.05, 0) is 36.8 Å². The molecule has 1 aromatic heterocycles. The second-order valence-corrected chi connectivity index (χ2v) is 8.54. The molecule has 0 N–H and O–H groups in total. The lowest BCUT2D eigenvalue weighted by Gasteiger charge is -2.36. The molecule has 3 aromatic rings. The Bertz CT molecular complexity index is 1030. The first kappa shape index (κ1) is 19.9. The fourth-order valence-electron chi connectivity index (χ4n) is 4.42. The molecule has 6 heteroatoms. The van der Waals surface area contributed by atoms with Crippen molar-refractivity contribution in [2.45, 2.75) is 26.4 Å². The summed E-state index contributed by atoms with van der Waals surface area (Å²) in [5.41, 5.74) is 6.15. The molecular formula is C25H28FN5. The number of piperazine rings is 1. The highest BCUT2D eigenvalue weighted by molar-refractivity contribution is 5.48. The molecule has 0 atom stereocenters. The van der Waals surface area contributed by atoms with E-state index in [4.69, 9.17) is 9.97 Å². The van der Waals surface area contributed by atoms with E-state index in [0.29, 0.717) is 0 Å². The number of hydrogen-bond donors (Lipinski definition) is 0. The molecule has 5 rings (SSSR count). The number of anilines is 2. The summed E-state index contributed by atoms with van der Waals surface area (Å²) in [5.74, 6) is 0.645. The number of halogens is 1. The van der Waals surface area contributed by atoms with Gasteiger partial charge in [-0.2, -0.15) is 0 Å². The molecule has 2 aliphatic heterocycles. The van der Waals surface area contributed by atoms with Crippen LogP contribution < -0.4 is 9.80 Å². The van der Waals surface area contributed by atoms with Gasteiger partial charge in [-0.3, -0.25) is 4.90 Å². The third-order valence-electron chi connectivity index (χ3n) is 6.28. The fourth-order valence-corrected chi connectivity index (χ4v) is 4.42. The van der Waals surface area contributed by atoms with Crippen molar-refractivity contribution in [1.82, 2.24) is 14.9 Å². The first-order valence-electron chi connectivity index (χ1n) is 11.0. The van der Waals surface area contributed by atoms with Crippen LogP contribution in [-0.4, -0.2) is 47.6 Å². The third kappa shape index (κ3) is 4.54. The number of nitrogens with zero attached hydrogens (tertiary/aromatic N) is 5. The summed E-state index contributed by atoms with van der Waals surface area (Å²) in [7, 11) is 0. The van der Waals surface area contributed by atoms with Crippen LogP contribution in [0.15, 0.2) is 54.7 Å². The third-order valence-corrected chi connectivity index (χ3v) is 6.28. The molecule has 160 valence electrons. The zero-order chi connectivity index (χ0) is 21.2. The molecule has 0 saturated carbocycles. The van der Waals surface area contributed by atoms with Crippen molar-refractivity contribution >= 4 is 11.6 Å². The quantitative estimate of drug-likeness (QED) is 0.645. The summed E-state index contributed by atoms with van der Waals surface area (Å²) in [6.45, 7) is 8.53. The number of hydrogen-bond acceptors (Lipinski definition) is 5. The van der Waals surface area contributed by atoms with Crippen LogP contribution in [-0.2, 0) is 19.5 Å². The SMILES string of the molecule is Cc1ccc(CN2CCc3nc(N4CCN(c5ccc(F)cc5)CC4)ncc3C2)cc1. The molecule has 1 saturated heterocycles. The van der Waals surface area contributed by atoms with Crippen molar-refractivity contribution in [2.24, 2.45) is 0 Å². The van der Waals surface area contributed by atoms with Gasteiger partial charge in [0.05, 0.1) is 5.69 Å². The van der Waals surface area contributed by atoms with Gasteiger partial charge in [-0.1, -0.05) is 29.8 Å². The summed E-state index contributed by atoms with van der Waals surface area (Å²) in [6, 6.07) is 15.5. The molecule has 0 spiro atoms. The number of rotatable bonds is 4. The average molecular weight is 418 g/mol. The maximum atomic E-state index is 13.2. The Hall–Kier alpha value is -2.99. The molecule has 5 nitrogen and oxygen atoms in total. The van der Waals surface area contributed by atoms with Crippen LogP contribution >= 0.6 is 0 Å². The number of benzene rings is 2. The molecule has 0 aliphatic carbocycles. The van der Waals surface area contributed by atoms with E-state index in [1.807, 2.05) is 18.3 Å². The highest BCUT2D eigenvalue weighted by atomic mass is 19.1. The van der Waals surface area contributed by atoms with E-state index in [1.54, 1.807) is 0 Å². The van der Waals surface area contributed by atoms with Gasteiger partial charge in [0, 0.05) is 69.7 Å². The van der Waals surface area contributed by atoms with E-state index < -0.39 is 0 Å². The van der Waals surface area contributed by atoms with Gasteiger partial charge in [0.25, 0.3) is 0 Å². The predicted octanol–water partition coefficient (Wildman–Crippen LogP) is 3.81. The lowest BCUT2D eigenvalue weighted by atomic mass is 10.1. The minimum absolute atomic E-state index is 0.192. The summed E-state index contributed by atoms with van der Waals surface area (Å²) in [4.78, 5) is 16.6. The molecular weight excluding hydrogens is 389 g/mol. The van der Waals surface area contributed by atoms with Gasteiger partial charge >= 0.3 is 0 Å². The second-order valence-electron chi connectivity index (χ2n) is 8.54. The fraction of sp³-hybridized carbons (Fsp3) is 0.360. The summed E-state index contributed by atoms with van der Waals surface area (Å²) in [5, 5.41) is 0. The highest BCUT2D eigenvalue weighted by Gasteiger charge is 2.23. The minimum Gasteiger partial charge on any atom is -0.368 e. The van der Waals surface area contributed by atoms with E-state index in [9.17, 15) is 4.39 Å². The second kappa shape index (κ2) is 8.63. The van der Waals surface area contributed by atoms with Gasteiger partial charge in [0.1, 0.15) is 5.82 Å². The van der Waals surface area contributed by atoms with Crippen molar-refractivity contribution in [3.05, 3.63) is 82.9 Å². The zero-order valence-electron chi connectivity index (χ0n) is 18.0. The van der Waals surface area contributed by atoms with Crippen LogP contribution in [0.5, 0.6) is 0 Å². The smallest absolute Gasteiger partial charge is 0.225 e. The Balaban J connectivity index is 1.20. The van der Waals surface area contributed by atoms with E-state index in [-0.39, 0.29) is 5.82 Å². The van der Waals surface area contributed by atoms with Gasteiger partial charge in [0.2, 0.25) is 5.95 Å². The van der Waals surface area contributed by atoms with Crippen LogP contribution in [0.4, 0.5) is 16.0 Å². The van der Waals surface area contributed by atoms with Crippen molar-refractivity contribution in [2.75, 3.05) is 42.5 Å². The maximum Gasteiger partial charge on any atom is 0.225 e. The minimum atomic E-state index is -0.192. The predicted molar refractivity (Wildman–Crippen MR) is 122 cm³/mol. The Morgan fingerprint density at radius 3 is 2.32 bits per heavy atom. The number of aromatic nitrogens is 2. The first-order chi connectivity index (χ1) is 15.1. The van der Waals surface area contributed by atoms with Crippen LogP contribution in [0.1, 0.15) is 22.4 Å². The lowest BCUT2D eigenvalue weighted by molar-refractivity contribution is 0.243. The number of fused-ring (bicyclic) bond motifs is 1. The van der Waals surface area contributed by atoms with E-state index >= 15 is 0 Å². The molecule has 0 amide bonds.